The Balaban J connectivity index is 1.96. The van der Waals surface area contributed by atoms with Gasteiger partial charge in [-0.1, -0.05) is 18.2 Å². The van der Waals surface area contributed by atoms with Crippen molar-refractivity contribution in [3.05, 3.63) is 60.2 Å². The van der Waals surface area contributed by atoms with Gasteiger partial charge in [-0.2, -0.15) is 0 Å². The Hall–Kier alpha value is -2.52. The Labute approximate surface area is 176 Å². The van der Waals surface area contributed by atoms with Crippen LogP contribution in [0.3, 0.4) is 0 Å². The molecule has 0 unspecified atom stereocenters. The summed E-state index contributed by atoms with van der Waals surface area (Å²) in [6.07, 6.45) is 1.05. The number of anilines is 1. The van der Waals surface area contributed by atoms with Crippen molar-refractivity contribution in [1.82, 2.24) is 10.2 Å². The van der Waals surface area contributed by atoms with Crippen LogP contribution in [-0.2, 0) is 14.8 Å². The lowest BCUT2D eigenvalue weighted by molar-refractivity contribution is -0.119. The zero-order valence-corrected chi connectivity index (χ0v) is 18.3. The molecule has 0 fully saturated rings. The molecule has 7 nitrogen and oxygen atoms in total. The third kappa shape index (κ3) is 7.10. The predicted molar refractivity (Wildman–Crippen MR) is 117 cm³/mol. The van der Waals surface area contributed by atoms with Gasteiger partial charge < -0.3 is 10.2 Å². The predicted octanol–water partition coefficient (Wildman–Crippen LogP) is 2.06. The van der Waals surface area contributed by atoms with Crippen LogP contribution in [0.1, 0.15) is 10.4 Å². The van der Waals surface area contributed by atoms with E-state index in [0.29, 0.717) is 23.5 Å². The number of nitrogens with zero attached hydrogens (tertiary/aromatic N) is 2. The summed E-state index contributed by atoms with van der Waals surface area (Å²) in [7, 11) is -0.387. The molecule has 0 bridgehead atoms. The Morgan fingerprint density at radius 3 is 2.17 bits per heavy atom. The summed E-state index contributed by atoms with van der Waals surface area (Å²) < 4.78 is 25.4. The van der Waals surface area contributed by atoms with E-state index in [1.165, 1.54) is 17.0 Å². The van der Waals surface area contributed by atoms with Gasteiger partial charge in [-0.15, -0.1) is 11.8 Å². The van der Waals surface area contributed by atoms with Gasteiger partial charge in [0.1, 0.15) is 6.54 Å². The molecule has 0 aliphatic heterocycles. The zero-order chi connectivity index (χ0) is 21.4. The highest BCUT2D eigenvalue weighted by molar-refractivity contribution is 7.99. The standard InChI is InChI=1S/C20H25N3O4S2/c1-22(2)20(25)16-9-11-17(12-10-16)23(29(3,26)27)15-19(24)21-13-14-28-18-7-5-4-6-8-18/h4-12H,13-15H2,1-3H3,(H,21,24). The fourth-order valence-corrected chi connectivity index (χ4v) is 4.14. The summed E-state index contributed by atoms with van der Waals surface area (Å²) in [5.74, 6) is 0.101. The first-order valence-corrected chi connectivity index (χ1v) is 11.8. The molecule has 0 saturated carbocycles. The second-order valence-corrected chi connectivity index (χ2v) is 9.60. The number of carbonyl (C=O) groups is 2. The molecular weight excluding hydrogens is 410 g/mol. The van der Waals surface area contributed by atoms with E-state index in [4.69, 9.17) is 0 Å². The molecule has 0 atom stereocenters. The van der Waals surface area contributed by atoms with Gasteiger partial charge >= 0.3 is 0 Å². The topological polar surface area (TPSA) is 86.8 Å². The van der Waals surface area contributed by atoms with Crippen LogP contribution < -0.4 is 9.62 Å². The molecule has 2 rings (SSSR count). The number of carbonyl (C=O) groups excluding carboxylic acids is 2. The molecule has 0 spiro atoms. The summed E-state index contributed by atoms with van der Waals surface area (Å²) in [5.41, 5.74) is 0.770. The molecular formula is C20H25N3O4S2. The van der Waals surface area contributed by atoms with Gasteiger partial charge in [-0.25, -0.2) is 8.42 Å². The molecule has 156 valence electrons. The maximum atomic E-state index is 12.3. The van der Waals surface area contributed by atoms with Crippen LogP contribution in [0.25, 0.3) is 0 Å². The van der Waals surface area contributed by atoms with Crippen LogP contribution in [0.4, 0.5) is 5.69 Å². The number of thioether (sulfide) groups is 1. The fraction of sp³-hybridized carbons (Fsp3) is 0.300. The molecule has 9 heteroatoms. The summed E-state index contributed by atoms with van der Waals surface area (Å²) in [6.45, 7) is 0.0993. The second kappa shape index (κ2) is 10.3. The minimum atomic E-state index is -3.66. The maximum absolute atomic E-state index is 12.3. The minimum Gasteiger partial charge on any atom is -0.354 e. The van der Waals surface area contributed by atoms with E-state index in [1.54, 1.807) is 38.0 Å². The summed E-state index contributed by atoms with van der Waals surface area (Å²) >= 11 is 1.61. The van der Waals surface area contributed by atoms with Crippen LogP contribution in [-0.4, -0.2) is 64.3 Å². The molecule has 2 aromatic rings. The largest absolute Gasteiger partial charge is 0.354 e. The molecule has 0 saturated heterocycles. The lowest BCUT2D eigenvalue weighted by Gasteiger charge is -2.22. The number of amides is 2. The lowest BCUT2D eigenvalue weighted by Crippen LogP contribution is -2.41. The average molecular weight is 436 g/mol. The molecule has 0 aromatic heterocycles. The van der Waals surface area contributed by atoms with Gasteiger partial charge in [0.25, 0.3) is 5.91 Å². The summed E-state index contributed by atoms with van der Waals surface area (Å²) in [4.78, 5) is 26.8. The van der Waals surface area contributed by atoms with Gasteiger partial charge in [0.15, 0.2) is 0 Å². The molecule has 0 aliphatic rings. The highest BCUT2D eigenvalue weighted by atomic mass is 32.2. The number of benzene rings is 2. The average Bonchev–Trinajstić information content (AvgIpc) is 2.69. The van der Waals surface area contributed by atoms with Crippen molar-refractivity contribution in [2.45, 2.75) is 4.90 Å². The highest BCUT2D eigenvalue weighted by Crippen LogP contribution is 2.19. The minimum absolute atomic E-state index is 0.184. The zero-order valence-electron chi connectivity index (χ0n) is 16.7. The van der Waals surface area contributed by atoms with Crippen LogP contribution in [0, 0.1) is 0 Å². The quantitative estimate of drug-likeness (QED) is 0.481. The molecule has 0 heterocycles. The maximum Gasteiger partial charge on any atom is 0.253 e. The number of sulfonamides is 1. The van der Waals surface area contributed by atoms with E-state index in [-0.39, 0.29) is 12.5 Å². The van der Waals surface area contributed by atoms with E-state index in [9.17, 15) is 18.0 Å². The van der Waals surface area contributed by atoms with Crippen molar-refractivity contribution in [1.29, 1.82) is 0 Å². The number of hydrogen-bond acceptors (Lipinski definition) is 5. The Kier molecular flexibility index (Phi) is 8.10. The van der Waals surface area contributed by atoms with Gasteiger partial charge in [0.2, 0.25) is 15.9 Å². The third-order valence-corrected chi connectivity index (χ3v) is 6.09. The first-order valence-electron chi connectivity index (χ1n) is 8.92. The Morgan fingerprint density at radius 2 is 1.62 bits per heavy atom. The summed E-state index contributed by atoms with van der Waals surface area (Å²) in [5, 5.41) is 2.74. The van der Waals surface area contributed by atoms with Crippen molar-refractivity contribution in [2.75, 3.05) is 43.5 Å². The van der Waals surface area contributed by atoms with Gasteiger partial charge in [-0.05, 0) is 36.4 Å². The van der Waals surface area contributed by atoms with Crippen LogP contribution in [0.5, 0.6) is 0 Å². The number of nitrogens with one attached hydrogen (secondary N) is 1. The molecule has 2 aromatic carbocycles. The van der Waals surface area contributed by atoms with Gasteiger partial charge in [-0.3, -0.25) is 13.9 Å². The van der Waals surface area contributed by atoms with E-state index < -0.39 is 15.9 Å². The van der Waals surface area contributed by atoms with Crippen molar-refractivity contribution in [3.63, 3.8) is 0 Å². The Bertz CT molecular complexity index is 930. The first kappa shape index (κ1) is 22.8. The van der Waals surface area contributed by atoms with Crippen LogP contribution in [0.15, 0.2) is 59.5 Å². The number of rotatable bonds is 9. The number of hydrogen-bond donors (Lipinski definition) is 1. The van der Waals surface area contributed by atoms with Crippen LogP contribution in [0.2, 0.25) is 0 Å². The van der Waals surface area contributed by atoms with Gasteiger partial charge in [0, 0.05) is 36.9 Å². The van der Waals surface area contributed by atoms with E-state index in [2.05, 4.69) is 5.32 Å². The molecule has 0 radical (unpaired) electrons. The Morgan fingerprint density at radius 1 is 1.00 bits per heavy atom. The molecule has 1 N–H and O–H groups in total. The van der Waals surface area contributed by atoms with Crippen LogP contribution >= 0.6 is 11.8 Å². The molecule has 0 aliphatic carbocycles. The SMILES string of the molecule is CN(C)C(=O)c1ccc(N(CC(=O)NCCSc2ccccc2)S(C)(=O)=O)cc1. The van der Waals surface area contributed by atoms with E-state index in [1.807, 2.05) is 30.3 Å². The molecule has 29 heavy (non-hydrogen) atoms. The van der Waals surface area contributed by atoms with E-state index in [0.717, 1.165) is 15.5 Å². The summed E-state index contributed by atoms with van der Waals surface area (Å²) in [6, 6.07) is 15.9. The monoisotopic (exact) mass is 435 g/mol. The third-order valence-electron chi connectivity index (χ3n) is 3.93. The highest BCUT2D eigenvalue weighted by Gasteiger charge is 2.21. The molecule has 2 amide bonds. The van der Waals surface area contributed by atoms with Gasteiger partial charge in [0.05, 0.1) is 11.9 Å². The van der Waals surface area contributed by atoms with Crippen molar-refractivity contribution >= 4 is 39.3 Å². The normalized spacial score (nSPS) is 11.0. The van der Waals surface area contributed by atoms with Crippen molar-refractivity contribution < 1.29 is 18.0 Å². The lowest BCUT2D eigenvalue weighted by atomic mass is 10.2. The van der Waals surface area contributed by atoms with E-state index >= 15 is 0 Å². The smallest absolute Gasteiger partial charge is 0.253 e. The first-order chi connectivity index (χ1) is 13.7. The second-order valence-electron chi connectivity index (χ2n) is 6.53. The van der Waals surface area contributed by atoms with Crippen molar-refractivity contribution in [2.24, 2.45) is 0 Å². The fourth-order valence-electron chi connectivity index (χ4n) is 2.49. The van der Waals surface area contributed by atoms with Crippen molar-refractivity contribution in [3.8, 4) is 0 Å².